The van der Waals surface area contributed by atoms with Gasteiger partial charge in [-0.2, -0.15) is 0 Å². The maximum atomic E-state index is 12.6. The molecule has 1 atom stereocenters. The Morgan fingerprint density at radius 3 is 2.60 bits per heavy atom. The standard InChI is InChI=1S/C19H27N3O3/c1-15-7-9-21(10-8-15)14-18(23)22-11-12-25-17(13-22)19(24)20-16-5-3-2-4-6-16/h2-6,15,17H,7-14H2,1H3,(H,20,24)/t17-/m0/s1. The molecule has 0 unspecified atom stereocenters. The molecule has 0 aromatic heterocycles. The van der Waals surface area contributed by atoms with E-state index in [0.717, 1.165) is 37.5 Å². The fourth-order valence-corrected chi connectivity index (χ4v) is 3.29. The molecule has 0 saturated carbocycles. The van der Waals surface area contributed by atoms with E-state index in [1.807, 2.05) is 30.3 Å². The Morgan fingerprint density at radius 1 is 1.16 bits per heavy atom. The summed E-state index contributed by atoms with van der Waals surface area (Å²) in [6.07, 6.45) is 1.69. The zero-order chi connectivity index (χ0) is 17.6. The van der Waals surface area contributed by atoms with Gasteiger partial charge in [0.1, 0.15) is 0 Å². The molecule has 25 heavy (non-hydrogen) atoms. The van der Waals surface area contributed by atoms with Crippen LogP contribution in [-0.2, 0) is 14.3 Å². The molecule has 2 aliphatic heterocycles. The van der Waals surface area contributed by atoms with Crippen molar-refractivity contribution in [3.63, 3.8) is 0 Å². The van der Waals surface area contributed by atoms with Crippen molar-refractivity contribution >= 4 is 17.5 Å². The minimum Gasteiger partial charge on any atom is -0.365 e. The van der Waals surface area contributed by atoms with Crippen molar-refractivity contribution in [2.45, 2.75) is 25.9 Å². The number of anilines is 1. The van der Waals surface area contributed by atoms with E-state index in [1.165, 1.54) is 0 Å². The summed E-state index contributed by atoms with van der Waals surface area (Å²) in [5.41, 5.74) is 0.738. The molecule has 2 amide bonds. The first kappa shape index (κ1) is 17.9. The van der Waals surface area contributed by atoms with E-state index >= 15 is 0 Å². The van der Waals surface area contributed by atoms with Gasteiger partial charge in [-0.3, -0.25) is 14.5 Å². The Bertz CT molecular complexity index is 585. The molecule has 0 bridgehead atoms. The van der Waals surface area contributed by atoms with Crippen LogP contribution in [0.25, 0.3) is 0 Å². The average Bonchev–Trinajstić information content (AvgIpc) is 2.64. The maximum Gasteiger partial charge on any atom is 0.255 e. The van der Waals surface area contributed by atoms with Crippen LogP contribution in [0.3, 0.4) is 0 Å². The Morgan fingerprint density at radius 2 is 1.88 bits per heavy atom. The number of para-hydroxylation sites is 1. The second-order valence-corrected chi connectivity index (χ2v) is 7.01. The van der Waals surface area contributed by atoms with E-state index in [2.05, 4.69) is 17.1 Å². The lowest BCUT2D eigenvalue weighted by atomic mass is 9.99. The number of hydrogen-bond donors (Lipinski definition) is 1. The quantitative estimate of drug-likeness (QED) is 0.900. The minimum absolute atomic E-state index is 0.0929. The van der Waals surface area contributed by atoms with Gasteiger partial charge in [0.25, 0.3) is 5.91 Å². The minimum atomic E-state index is -0.612. The predicted octanol–water partition coefficient (Wildman–Crippen LogP) is 1.58. The van der Waals surface area contributed by atoms with Crippen LogP contribution in [0.5, 0.6) is 0 Å². The molecule has 3 rings (SSSR count). The number of benzene rings is 1. The van der Waals surface area contributed by atoms with E-state index in [1.54, 1.807) is 4.90 Å². The monoisotopic (exact) mass is 345 g/mol. The van der Waals surface area contributed by atoms with Gasteiger partial charge in [0, 0.05) is 12.2 Å². The van der Waals surface area contributed by atoms with Crippen molar-refractivity contribution in [3.8, 4) is 0 Å². The van der Waals surface area contributed by atoms with E-state index in [0.29, 0.717) is 26.2 Å². The number of carbonyl (C=O) groups is 2. The van der Waals surface area contributed by atoms with Gasteiger partial charge in [-0.15, -0.1) is 0 Å². The maximum absolute atomic E-state index is 12.6. The molecular formula is C19H27N3O3. The molecule has 1 N–H and O–H groups in total. The van der Waals surface area contributed by atoms with E-state index in [4.69, 9.17) is 4.74 Å². The second-order valence-electron chi connectivity index (χ2n) is 7.01. The Labute approximate surface area is 149 Å². The van der Waals surface area contributed by atoms with Crippen LogP contribution in [0.2, 0.25) is 0 Å². The summed E-state index contributed by atoms with van der Waals surface area (Å²) in [4.78, 5) is 28.9. The smallest absolute Gasteiger partial charge is 0.255 e. The summed E-state index contributed by atoms with van der Waals surface area (Å²) in [6.45, 7) is 5.94. The third-order valence-electron chi connectivity index (χ3n) is 4.99. The van der Waals surface area contributed by atoms with Gasteiger partial charge in [0.2, 0.25) is 5.91 Å². The lowest BCUT2D eigenvalue weighted by Crippen LogP contribution is -2.52. The highest BCUT2D eigenvalue weighted by atomic mass is 16.5. The zero-order valence-electron chi connectivity index (χ0n) is 14.8. The number of nitrogens with one attached hydrogen (secondary N) is 1. The number of carbonyl (C=O) groups excluding carboxylic acids is 2. The van der Waals surface area contributed by atoms with E-state index < -0.39 is 6.10 Å². The molecule has 0 radical (unpaired) electrons. The highest BCUT2D eigenvalue weighted by Gasteiger charge is 2.30. The number of hydrogen-bond acceptors (Lipinski definition) is 4. The molecule has 6 nitrogen and oxygen atoms in total. The van der Waals surface area contributed by atoms with Gasteiger partial charge >= 0.3 is 0 Å². The predicted molar refractivity (Wildman–Crippen MR) is 96.2 cm³/mol. The van der Waals surface area contributed by atoms with Crippen molar-refractivity contribution in [2.75, 3.05) is 44.6 Å². The van der Waals surface area contributed by atoms with Crippen molar-refractivity contribution in [3.05, 3.63) is 30.3 Å². The molecule has 2 saturated heterocycles. The van der Waals surface area contributed by atoms with Crippen LogP contribution in [-0.4, -0.2) is 67.0 Å². The van der Waals surface area contributed by atoms with Gasteiger partial charge < -0.3 is 15.0 Å². The lowest BCUT2D eigenvalue weighted by Gasteiger charge is -2.35. The summed E-state index contributed by atoms with van der Waals surface area (Å²) >= 11 is 0. The van der Waals surface area contributed by atoms with Gasteiger partial charge in [0.15, 0.2) is 6.10 Å². The van der Waals surface area contributed by atoms with Crippen LogP contribution < -0.4 is 5.32 Å². The zero-order valence-corrected chi connectivity index (χ0v) is 14.8. The number of morpholine rings is 1. The van der Waals surface area contributed by atoms with Crippen LogP contribution in [0.1, 0.15) is 19.8 Å². The molecule has 1 aromatic rings. The third kappa shape index (κ3) is 5.03. The molecular weight excluding hydrogens is 318 g/mol. The van der Waals surface area contributed by atoms with Crippen molar-refractivity contribution in [1.29, 1.82) is 0 Å². The summed E-state index contributed by atoms with van der Waals surface area (Å²) < 4.78 is 5.58. The Balaban J connectivity index is 1.50. The molecule has 6 heteroatoms. The second kappa shape index (κ2) is 8.45. The van der Waals surface area contributed by atoms with Gasteiger partial charge in [0.05, 0.1) is 19.7 Å². The summed E-state index contributed by atoms with van der Waals surface area (Å²) in [6, 6.07) is 9.30. The Kier molecular flexibility index (Phi) is 6.04. The highest BCUT2D eigenvalue weighted by Crippen LogP contribution is 2.16. The number of amides is 2. The van der Waals surface area contributed by atoms with E-state index in [-0.39, 0.29) is 11.8 Å². The number of nitrogens with zero attached hydrogens (tertiary/aromatic N) is 2. The molecule has 2 heterocycles. The summed E-state index contributed by atoms with van der Waals surface area (Å²) in [5.74, 6) is 0.645. The first-order chi connectivity index (χ1) is 12.1. The first-order valence-electron chi connectivity index (χ1n) is 9.09. The molecule has 0 aliphatic carbocycles. The van der Waals surface area contributed by atoms with Gasteiger partial charge in [-0.05, 0) is 44.0 Å². The fraction of sp³-hybridized carbons (Fsp3) is 0.579. The fourth-order valence-electron chi connectivity index (χ4n) is 3.29. The molecule has 2 fully saturated rings. The van der Waals surface area contributed by atoms with Crippen molar-refractivity contribution < 1.29 is 14.3 Å². The molecule has 2 aliphatic rings. The van der Waals surface area contributed by atoms with Crippen LogP contribution >= 0.6 is 0 Å². The number of likely N-dealkylation sites (tertiary alicyclic amines) is 1. The third-order valence-corrected chi connectivity index (χ3v) is 4.99. The van der Waals surface area contributed by atoms with Gasteiger partial charge in [-0.25, -0.2) is 0 Å². The van der Waals surface area contributed by atoms with Crippen molar-refractivity contribution in [1.82, 2.24) is 9.80 Å². The van der Waals surface area contributed by atoms with E-state index in [9.17, 15) is 9.59 Å². The molecule has 136 valence electrons. The largest absolute Gasteiger partial charge is 0.365 e. The summed E-state index contributed by atoms with van der Waals surface area (Å²) in [7, 11) is 0. The summed E-state index contributed by atoms with van der Waals surface area (Å²) in [5, 5.41) is 2.85. The molecule has 0 spiro atoms. The number of rotatable bonds is 4. The molecule has 1 aromatic carbocycles. The lowest BCUT2D eigenvalue weighted by molar-refractivity contribution is -0.145. The number of ether oxygens (including phenoxy) is 1. The highest BCUT2D eigenvalue weighted by molar-refractivity contribution is 5.94. The van der Waals surface area contributed by atoms with Crippen LogP contribution in [0.4, 0.5) is 5.69 Å². The normalized spacial score (nSPS) is 22.6. The van der Waals surface area contributed by atoms with Crippen LogP contribution in [0, 0.1) is 5.92 Å². The van der Waals surface area contributed by atoms with Crippen LogP contribution in [0.15, 0.2) is 30.3 Å². The first-order valence-corrected chi connectivity index (χ1v) is 9.09. The average molecular weight is 345 g/mol. The number of piperidine rings is 1. The van der Waals surface area contributed by atoms with Gasteiger partial charge in [-0.1, -0.05) is 25.1 Å². The Hall–Kier alpha value is -1.92. The SMILES string of the molecule is CC1CCN(CC(=O)N2CCO[C@H](C(=O)Nc3ccccc3)C2)CC1. The topological polar surface area (TPSA) is 61.9 Å². The van der Waals surface area contributed by atoms with Crippen molar-refractivity contribution in [2.24, 2.45) is 5.92 Å².